The summed E-state index contributed by atoms with van der Waals surface area (Å²) < 4.78 is 0.857. The quantitative estimate of drug-likeness (QED) is 0.864. The number of amides is 1. The second-order valence-corrected chi connectivity index (χ2v) is 6.99. The summed E-state index contributed by atoms with van der Waals surface area (Å²) in [6, 6.07) is 0.344. The van der Waals surface area contributed by atoms with Crippen LogP contribution in [-0.4, -0.2) is 27.9 Å². The lowest BCUT2D eigenvalue weighted by Crippen LogP contribution is -2.44. The maximum atomic E-state index is 11.9. The Morgan fingerprint density at radius 3 is 3.11 bits per heavy atom. The van der Waals surface area contributed by atoms with Crippen molar-refractivity contribution < 1.29 is 4.79 Å². The Labute approximate surface area is 116 Å². The van der Waals surface area contributed by atoms with Crippen molar-refractivity contribution in [2.45, 2.75) is 43.5 Å². The molecule has 1 aromatic heterocycles. The molecular formula is C12H19N3OS2. The highest BCUT2D eigenvalue weighted by Gasteiger charge is 2.27. The van der Waals surface area contributed by atoms with Crippen LogP contribution in [-0.2, 0) is 4.79 Å². The summed E-state index contributed by atoms with van der Waals surface area (Å²) in [6.07, 6.45) is 3.62. The van der Waals surface area contributed by atoms with Crippen molar-refractivity contribution in [2.24, 2.45) is 11.8 Å². The number of rotatable bonds is 4. The Kier molecular flexibility index (Phi) is 5.00. The minimum absolute atomic E-state index is 0.112. The van der Waals surface area contributed by atoms with E-state index in [1.807, 2.05) is 0 Å². The van der Waals surface area contributed by atoms with E-state index in [1.165, 1.54) is 35.9 Å². The van der Waals surface area contributed by atoms with Crippen molar-refractivity contribution in [3.63, 3.8) is 0 Å². The van der Waals surface area contributed by atoms with Crippen LogP contribution in [0.3, 0.4) is 0 Å². The number of aromatic nitrogens is 2. The van der Waals surface area contributed by atoms with Gasteiger partial charge >= 0.3 is 0 Å². The molecule has 0 unspecified atom stereocenters. The number of nitrogens with one attached hydrogen (secondary N) is 1. The fraction of sp³-hybridized carbons (Fsp3) is 0.750. The molecule has 0 aromatic carbocycles. The Bertz CT molecular complexity index is 383. The number of carbonyl (C=O) groups excluding carboxylic acids is 1. The molecule has 4 nitrogen and oxygen atoms in total. The molecule has 1 aromatic rings. The Morgan fingerprint density at radius 2 is 2.39 bits per heavy atom. The number of carbonyl (C=O) groups is 1. The zero-order valence-electron chi connectivity index (χ0n) is 10.8. The minimum atomic E-state index is 0.112. The highest BCUT2D eigenvalue weighted by Crippen LogP contribution is 2.29. The number of hydrogen-bond donors (Lipinski definition) is 1. The summed E-state index contributed by atoms with van der Waals surface area (Å²) in [6.45, 7) is 4.52. The second-order valence-electron chi connectivity index (χ2n) is 4.93. The molecule has 18 heavy (non-hydrogen) atoms. The van der Waals surface area contributed by atoms with E-state index in [0.717, 1.165) is 10.8 Å². The zero-order chi connectivity index (χ0) is 13.0. The maximum absolute atomic E-state index is 11.9. The summed E-state index contributed by atoms with van der Waals surface area (Å²) in [5, 5.41) is 10.8. The van der Waals surface area contributed by atoms with Crippen LogP contribution in [0.1, 0.15) is 33.1 Å². The third kappa shape index (κ3) is 3.68. The SMILES string of the molecule is C[C@@H]1[C@@H](C)CCC[C@H]1NC(=O)CSc1nncs1. The first-order valence-electron chi connectivity index (χ1n) is 6.35. The molecule has 2 rings (SSSR count). The molecule has 1 aliphatic rings. The fourth-order valence-corrected chi connectivity index (χ4v) is 3.69. The van der Waals surface area contributed by atoms with Crippen LogP contribution in [0.15, 0.2) is 9.85 Å². The third-order valence-electron chi connectivity index (χ3n) is 3.72. The minimum Gasteiger partial charge on any atom is -0.352 e. The summed E-state index contributed by atoms with van der Waals surface area (Å²) in [5.41, 5.74) is 1.69. The Balaban J connectivity index is 1.76. The lowest BCUT2D eigenvalue weighted by molar-refractivity contribution is -0.119. The fourth-order valence-electron chi connectivity index (χ4n) is 2.39. The van der Waals surface area contributed by atoms with Crippen LogP contribution < -0.4 is 5.32 Å². The maximum Gasteiger partial charge on any atom is 0.230 e. The summed E-state index contributed by atoms with van der Waals surface area (Å²) >= 11 is 2.93. The van der Waals surface area contributed by atoms with Gasteiger partial charge in [-0.15, -0.1) is 10.2 Å². The highest BCUT2D eigenvalue weighted by molar-refractivity contribution is 8.01. The molecule has 0 radical (unpaired) electrons. The van der Waals surface area contributed by atoms with Crippen LogP contribution in [0.4, 0.5) is 0 Å². The summed E-state index contributed by atoms with van der Waals surface area (Å²) in [5.74, 6) is 1.84. The molecule has 3 atom stereocenters. The largest absolute Gasteiger partial charge is 0.352 e. The lowest BCUT2D eigenvalue weighted by Gasteiger charge is -2.34. The monoisotopic (exact) mass is 285 g/mol. The van der Waals surface area contributed by atoms with Crippen molar-refractivity contribution in [1.29, 1.82) is 0 Å². The molecule has 1 N–H and O–H groups in total. The number of nitrogens with zero attached hydrogens (tertiary/aromatic N) is 2. The number of thioether (sulfide) groups is 1. The van der Waals surface area contributed by atoms with Crippen molar-refractivity contribution in [1.82, 2.24) is 15.5 Å². The van der Waals surface area contributed by atoms with Gasteiger partial charge in [0.2, 0.25) is 5.91 Å². The second kappa shape index (κ2) is 6.52. The van der Waals surface area contributed by atoms with E-state index in [-0.39, 0.29) is 5.91 Å². The van der Waals surface area contributed by atoms with Gasteiger partial charge in [0.1, 0.15) is 5.51 Å². The molecule has 0 saturated heterocycles. The van der Waals surface area contributed by atoms with Gasteiger partial charge in [-0.25, -0.2) is 0 Å². The standard InChI is InChI=1S/C12H19N3OS2/c1-8-4-3-5-10(9(8)2)14-11(16)6-17-12-15-13-7-18-12/h7-10H,3-6H2,1-2H3,(H,14,16)/t8-,9+,10+/m0/s1. The van der Waals surface area contributed by atoms with E-state index < -0.39 is 0 Å². The first kappa shape index (κ1) is 13.8. The predicted molar refractivity (Wildman–Crippen MR) is 74.7 cm³/mol. The van der Waals surface area contributed by atoms with Gasteiger partial charge in [-0.2, -0.15) is 0 Å². The summed E-state index contributed by atoms with van der Waals surface area (Å²) in [4.78, 5) is 11.9. The third-order valence-corrected chi connectivity index (χ3v) is 5.58. The topological polar surface area (TPSA) is 54.9 Å². The van der Waals surface area contributed by atoms with Crippen molar-refractivity contribution in [3.05, 3.63) is 5.51 Å². The molecule has 6 heteroatoms. The van der Waals surface area contributed by atoms with Gasteiger partial charge in [0.05, 0.1) is 5.75 Å². The smallest absolute Gasteiger partial charge is 0.230 e. The molecule has 1 aliphatic carbocycles. The molecular weight excluding hydrogens is 266 g/mol. The predicted octanol–water partition coefficient (Wildman–Crippen LogP) is 2.57. The van der Waals surface area contributed by atoms with E-state index in [4.69, 9.17) is 0 Å². The Morgan fingerprint density at radius 1 is 1.56 bits per heavy atom. The first-order chi connectivity index (χ1) is 8.66. The zero-order valence-corrected chi connectivity index (χ0v) is 12.4. The van der Waals surface area contributed by atoms with Crippen molar-refractivity contribution >= 4 is 29.0 Å². The molecule has 0 spiro atoms. The van der Waals surface area contributed by atoms with Gasteiger partial charge in [0.25, 0.3) is 0 Å². The normalized spacial score (nSPS) is 28.0. The number of hydrogen-bond acceptors (Lipinski definition) is 5. The molecule has 1 heterocycles. The van der Waals surface area contributed by atoms with Crippen molar-refractivity contribution in [2.75, 3.05) is 5.75 Å². The van der Waals surface area contributed by atoms with Crippen LogP contribution in [0, 0.1) is 11.8 Å². The molecule has 0 aliphatic heterocycles. The van der Waals surface area contributed by atoms with E-state index >= 15 is 0 Å². The highest BCUT2D eigenvalue weighted by atomic mass is 32.2. The molecule has 0 bridgehead atoms. The lowest BCUT2D eigenvalue weighted by atomic mass is 9.78. The van der Waals surface area contributed by atoms with E-state index in [9.17, 15) is 4.79 Å². The van der Waals surface area contributed by atoms with Crippen LogP contribution >= 0.6 is 23.1 Å². The molecule has 1 fully saturated rings. The van der Waals surface area contributed by atoms with Gasteiger partial charge < -0.3 is 5.32 Å². The van der Waals surface area contributed by atoms with E-state index in [0.29, 0.717) is 23.6 Å². The van der Waals surface area contributed by atoms with Gasteiger partial charge in [0.15, 0.2) is 4.34 Å². The molecule has 100 valence electrons. The molecule has 1 amide bonds. The average molecular weight is 285 g/mol. The Hall–Kier alpha value is -0.620. The van der Waals surface area contributed by atoms with E-state index in [1.54, 1.807) is 5.51 Å². The van der Waals surface area contributed by atoms with Gasteiger partial charge in [-0.1, -0.05) is 49.8 Å². The van der Waals surface area contributed by atoms with Crippen LogP contribution in [0.2, 0.25) is 0 Å². The molecule has 1 saturated carbocycles. The average Bonchev–Trinajstić information content (AvgIpc) is 2.86. The first-order valence-corrected chi connectivity index (χ1v) is 8.21. The van der Waals surface area contributed by atoms with Crippen molar-refractivity contribution in [3.8, 4) is 0 Å². The van der Waals surface area contributed by atoms with E-state index in [2.05, 4.69) is 29.4 Å². The van der Waals surface area contributed by atoms with Gasteiger partial charge in [-0.05, 0) is 18.3 Å². The summed E-state index contributed by atoms with van der Waals surface area (Å²) in [7, 11) is 0. The van der Waals surface area contributed by atoms with Crippen LogP contribution in [0.5, 0.6) is 0 Å². The van der Waals surface area contributed by atoms with Crippen LogP contribution in [0.25, 0.3) is 0 Å². The van der Waals surface area contributed by atoms with Gasteiger partial charge in [0, 0.05) is 6.04 Å². The van der Waals surface area contributed by atoms with Gasteiger partial charge in [-0.3, -0.25) is 4.79 Å².